The molecule has 2 N–H and O–H groups in total. The van der Waals surface area contributed by atoms with Crippen LogP contribution in [0, 0.1) is 0 Å². The van der Waals surface area contributed by atoms with E-state index in [1.54, 1.807) is 30.3 Å². The average molecular weight is 283 g/mol. The van der Waals surface area contributed by atoms with Crippen LogP contribution in [-0.2, 0) is 6.18 Å². The molecule has 1 aromatic heterocycles. The molecule has 0 aliphatic rings. The maximum atomic E-state index is 12.8. The van der Waals surface area contributed by atoms with E-state index in [4.69, 9.17) is 0 Å². The van der Waals surface area contributed by atoms with Crippen LogP contribution in [-0.4, -0.2) is 21.7 Å². The van der Waals surface area contributed by atoms with Gasteiger partial charge in [-0.3, -0.25) is 0 Å². The van der Waals surface area contributed by atoms with Crippen molar-refractivity contribution in [3.63, 3.8) is 0 Å². The predicted octanol–water partition coefficient (Wildman–Crippen LogP) is 2.64. The second-order valence-corrected chi connectivity index (χ2v) is 4.07. The monoisotopic (exact) mass is 283 g/mol. The van der Waals surface area contributed by atoms with E-state index >= 15 is 0 Å². The summed E-state index contributed by atoms with van der Waals surface area (Å²) in [7, 11) is 0. The topological polar surface area (TPSA) is 58.0 Å². The van der Waals surface area contributed by atoms with Gasteiger partial charge in [0, 0.05) is 6.20 Å². The molecule has 2 rings (SSSR count). The standard InChI is InChI=1S/C13H12F3N3O/c14-13(15,16)10-6-17-8-18-12(10)19-11(7-20)9-4-2-1-3-5-9/h1-6,8,11,20H,7H2,(H,17,18,19). The highest BCUT2D eigenvalue weighted by atomic mass is 19.4. The highest BCUT2D eigenvalue weighted by molar-refractivity contribution is 5.46. The van der Waals surface area contributed by atoms with Gasteiger partial charge < -0.3 is 10.4 Å². The molecule has 1 unspecified atom stereocenters. The van der Waals surface area contributed by atoms with Gasteiger partial charge in [0.25, 0.3) is 0 Å². The third-order valence-electron chi connectivity index (χ3n) is 2.71. The first-order chi connectivity index (χ1) is 9.52. The third-order valence-corrected chi connectivity index (χ3v) is 2.71. The van der Waals surface area contributed by atoms with E-state index in [0.29, 0.717) is 11.8 Å². The minimum absolute atomic E-state index is 0.351. The number of aliphatic hydroxyl groups excluding tert-OH is 1. The van der Waals surface area contributed by atoms with E-state index in [9.17, 15) is 18.3 Å². The molecule has 0 bridgehead atoms. The van der Waals surface area contributed by atoms with Gasteiger partial charge in [0.15, 0.2) is 0 Å². The first-order valence-electron chi connectivity index (χ1n) is 5.82. The summed E-state index contributed by atoms with van der Waals surface area (Å²) in [6.07, 6.45) is -2.83. The Kier molecular flexibility index (Phi) is 4.19. The van der Waals surface area contributed by atoms with E-state index in [2.05, 4.69) is 15.3 Å². The fourth-order valence-electron chi connectivity index (χ4n) is 1.74. The summed E-state index contributed by atoms with van der Waals surface area (Å²) in [6.45, 7) is -0.356. The first-order valence-corrected chi connectivity index (χ1v) is 5.82. The predicted molar refractivity (Wildman–Crippen MR) is 66.9 cm³/mol. The number of nitrogens with one attached hydrogen (secondary N) is 1. The zero-order valence-corrected chi connectivity index (χ0v) is 10.3. The summed E-state index contributed by atoms with van der Waals surface area (Å²) in [5.41, 5.74) is -0.295. The fraction of sp³-hybridized carbons (Fsp3) is 0.231. The van der Waals surface area contributed by atoms with Crippen LogP contribution < -0.4 is 5.32 Å². The van der Waals surface area contributed by atoms with E-state index in [0.717, 1.165) is 6.33 Å². The van der Waals surface area contributed by atoms with Crippen molar-refractivity contribution < 1.29 is 18.3 Å². The normalized spacial score (nSPS) is 13.0. The number of aliphatic hydroxyl groups is 1. The van der Waals surface area contributed by atoms with Crippen LogP contribution in [0.25, 0.3) is 0 Å². The lowest BCUT2D eigenvalue weighted by atomic mass is 10.1. The van der Waals surface area contributed by atoms with E-state index in [1.165, 1.54) is 0 Å². The number of rotatable bonds is 4. The molecule has 1 heterocycles. The van der Waals surface area contributed by atoms with Gasteiger partial charge in [-0.1, -0.05) is 30.3 Å². The lowest BCUT2D eigenvalue weighted by Crippen LogP contribution is -2.19. The Balaban J connectivity index is 2.29. The Hall–Kier alpha value is -2.15. The fourth-order valence-corrected chi connectivity index (χ4v) is 1.74. The smallest absolute Gasteiger partial charge is 0.394 e. The molecule has 0 saturated heterocycles. The second kappa shape index (κ2) is 5.87. The van der Waals surface area contributed by atoms with Crippen molar-refractivity contribution in [1.29, 1.82) is 0 Å². The SMILES string of the molecule is OCC(Nc1ncncc1C(F)(F)F)c1ccccc1. The minimum atomic E-state index is -4.56. The molecule has 0 radical (unpaired) electrons. The van der Waals surface area contributed by atoms with E-state index < -0.39 is 17.8 Å². The maximum Gasteiger partial charge on any atom is 0.421 e. The third kappa shape index (κ3) is 3.24. The van der Waals surface area contributed by atoms with Crippen LogP contribution in [0.2, 0.25) is 0 Å². The summed E-state index contributed by atoms with van der Waals surface area (Å²) in [5, 5.41) is 11.9. The average Bonchev–Trinajstić information content (AvgIpc) is 2.45. The van der Waals surface area contributed by atoms with Gasteiger partial charge in [-0.15, -0.1) is 0 Å². The first kappa shape index (κ1) is 14.3. The number of nitrogens with zero attached hydrogens (tertiary/aromatic N) is 2. The summed E-state index contributed by atoms with van der Waals surface area (Å²) >= 11 is 0. The molecular weight excluding hydrogens is 271 g/mol. The van der Waals surface area contributed by atoms with E-state index in [-0.39, 0.29) is 12.4 Å². The molecule has 0 fully saturated rings. The number of halogens is 3. The van der Waals surface area contributed by atoms with Crippen molar-refractivity contribution >= 4 is 5.82 Å². The van der Waals surface area contributed by atoms with Gasteiger partial charge in [0.05, 0.1) is 12.6 Å². The van der Waals surface area contributed by atoms with Crippen LogP contribution in [0.1, 0.15) is 17.2 Å². The van der Waals surface area contributed by atoms with Crippen LogP contribution in [0.3, 0.4) is 0 Å². The molecule has 0 spiro atoms. The molecule has 2 aromatic rings. The van der Waals surface area contributed by atoms with Gasteiger partial charge in [-0.2, -0.15) is 13.2 Å². The number of benzene rings is 1. The van der Waals surface area contributed by atoms with Crippen LogP contribution >= 0.6 is 0 Å². The number of alkyl halides is 3. The largest absolute Gasteiger partial charge is 0.421 e. The molecule has 7 heteroatoms. The highest BCUT2D eigenvalue weighted by Gasteiger charge is 2.35. The van der Waals surface area contributed by atoms with Gasteiger partial charge in [0.1, 0.15) is 17.7 Å². The molecular formula is C13H12F3N3O. The highest BCUT2D eigenvalue weighted by Crippen LogP contribution is 2.34. The molecule has 0 saturated carbocycles. The van der Waals surface area contributed by atoms with Crippen molar-refractivity contribution in [2.75, 3.05) is 11.9 Å². The Morgan fingerprint density at radius 2 is 1.90 bits per heavy atom. The number of anilines is 1. The van der Waals surface area contributed by atoms with Gasteiger partial charge >= 0.3 is 6.18 Å². The lowest BCUT2D eigenvalue weighted by molar-refractivity contribution is -0.137. The van der Waals surface area contributed by atoms with Crippen molar-refractivity contribution in [3.8, 4) is 0 Å². The van der Waals surface area contributed by atoms with Crippen molar-refractivity contribution in [2.45, 2.75) is 12.2 Å². The summed E-state index contributed by atoms with van der Waals surface area (Å²) in [6, 6.07) is 8.01. The van der Waals surface area contributed by atoms with Crippen molar-refractivity contribution in [2.24, 2.45) is 0 Å². The molecule has 0 aliphatic carbocycles. The van der Waals surface area contributed by atoms with Gasteiger partial charge in [0.2, 0.25) is 0 Å². The molecule has 20 heavy (non-hydrogen) atoms. The number of aromatic nitrogens is 2. The van der Waals surface area contributed by atoms with E-state index in [1.807, 2.05) is 0 Å². The summed E-state index contributed by atoms with van der Waals surface area (Å²) in [4.78, 5) is 6.99. The minimum Gasteiger partial charge on any atom is -0.394 e. The Bertz CT molecular complexity index is 560. The zero-order chi connectivity index (χ0) is 14.6. The van der Waals surface area contributed by atoms with Crippen molar-refractivity contribution in [3.05, 3.63) is 54.0 Å². The Morgan fingerprint density at radius 1 is 1.20 bits per heavy atom. The van der Waals surface area contributed by atoms with Gasteiger partial charge in [-0.05, 0) is 5.56 Å². The molecule has 0 aliphatic heterocycles. The van der Waals surface area contributed by atoms with Crippen LogP contribution in [0.4, 0.5) is 19.0 Å². The second-order valence-electron chi connectivity index (χ2n) is 4.07. The maximum absolute atomic E-state index is 12.8. The molecule has 0 amide bonds. The quantitative estimate of drug-likeness (QED) is 0.905. The number of hydrogen-bond donors (Lipinski definition) is 2. The Labute approximate surface area is 113 Å². The zero-order valence-electron chi connectivity index (χ0n) is 10.3. The molecule has 4 nitrogen and oxygen atoms in total. The lowest BCUT2D eigenvalue weighted by Gasteiger charge is -2.19. The van der Waals surface area contributed by atoms with Crippen LogP contribution in [0.15, 0.2) is 42.9 Å². The number of hydrogen-bond acceptors (Lipinski definition) is 4. The Morgan fingerprint density at radius 3 is 2.50 bits per heavy atom. The summed E-state index contributed by atoms with van der Waals surface area (Å²) < 4.78 is 38.5. The summed E-state index contributed by atoms with van der Waals surface area (Å²) in [5.74, 6) is -0.351. The van der Waals surface area contributed by atoms with Crippen molar-refractivity contribution in [1.82, 2.24) is 9.97 Å². The van der Waals surface area contributed by atoms with Crippen LogP contribution in [0.5, 0.6) is 0 Å². The molecule has 1 atom stereocenters. The molecule has 106 valence electrons. The van der Waals surface area contributed by atoms with Gasteiger partial charge in [-0.25, -0.2) is 9.97 Å². The molecule has 1 aromatic carbocycles.